The summed E-state index contributed by atoms with van der Waals surface area (Å²) in [7, 11) is 1.59. The normalized spacial score (nSPS) is 24.3. The third-order valence-corrected chi connectivity index (χ3v) is 7.27. The SMILES string of the molecule is COc1cc(C(=O)N(CC(C)=Cc2ccccc2)C[C@@H]2C[C@@H]3CCC[C@@H]3N2)cc2c1OC(C)(C)O2. The molecule has 3 aliphatic rings. The van der Waals surface area contributed by atoms with E-state index in [1.165, 1.54) is 19.3 Å². The van der Waals surface area contributed by atoms with Gasteiger partial charge in [-0.1, -0.05) is 48.4 Å². The summed E-state index contributed by atoms with van der Waals surface area (Å²) in [5.74, 6) is 1.53. The van der Waals surface area contributed by atoms with Gasteiger partial charge in [-0.25, -0.2) is 0 Å². The predicted octanol–water partition coefficient (Wildman–Crippen LogP) is 5.28. The zero-order valence-corrected chi connectivity index (χ0v) is 21.2. The first-order valence-corrected chi connectivity index (χ1v) is 12.7. The Morgan fingerprint density at radius 1 is 1.20 bits per heavy atom. The Morgan fingerprint density at radius 2 is 2.00 bits per heavy atom. The number of nitrogens with zero attached hydrogens (tertiary/aromatic N) is 1. The second-order valence-corrected chi connectivity index (χ2v) is 10.6. The number of methoxy groups -OCH3 is 1. The van der Waals surface area contributed by atoms with Crippen LogP contribution in [0.3, 0.4) is 0 Å². The summed E-state index contributed by atoms with van der Waals surface area (Å²) in [6, 6.07) is 14.7. The molecule has 0 bridgehead atoms. The summed E-state index contributed by atoms with van der Waals surface area (Å²) in [6.45, 7) is 7.02. The van der Waals surface area contributed by atoms with E-state index in [1.54, 1.807) is 19.2 Å². The van der Waals surface area contributed by atoms with Crippen molar-refractivity contribution < 1.29 is 19.0 Å². The van der Waals surface area contributed by atoms with Crippen molar-refractivity contribution >= 4 is 12.0 Å². The number of carbonyl (C=O) groups excluding carboxylic acids is 1. The number of fused-ring (bicyclic) bond motifs is 2. The minimum Gasteiger partial charge on any atom is -0.493 e. The summed E-state index contributed by atoms with van der Waals surface area (Å²) in [6.07, 6.45) is 7.14. The molecule has 0 spiro atoms. The molecule has 1 saturated carbocycles. The molecule has 1 aliphatic carbocycles. The Balaban J connectivity index is 1.41. The highest BCUT2D eigenvalue weighted by molar-refractivity contribution is 5.96. The van der Waals surface area contributed by atoms with Crippen molar-refractivity contribution in [1.82, 2.24) is 10.2 Å². The fraction of sp³-hybridized carbons (Fsp3) is 0.483. The number of rotatable bonds is 7. The Kier molecular flexibility index (Phi) is 6.49. The van der Waals surface area contributed by atoms with Gasteiger partial charge in [0.05, 0.1) is 7.11 Å². The zero-order valence-electron chi connectivity index (χ0n) is 21.2. The smallest absolute Gasteiger partial charge is 0.254 e. The van der Waals surface area contributed by atoms with Crippen molar-refractivity contribution in [2.24, 2.45) is 5.92 Å². The number of carbonyl (C=O) groups is 1. The highest BCUT2D eigenvalue weighted by atomic mass is 16.7. The first kappa shape index (κ1) is 23.7. The van der Waals surface area contributed by atoms with E-state index in [1.807, 2.05) is 36.9 Å². The molecule has 1 N–H and O–H groups in total. The Hall–Kier alpha value is -2.99. The van der Waals surface area contributed by atoms with Crippen LogP contribution in [0.2, 0.25) is 0 Å². The maximum Gasteiger partial charge on any atom is 0.254 e. The summed E-state index contributed by atoms with van der Waals surface area (Å²) >= 11 is 0. The van der Waals surface area contributed by atoms with Gasteiger partial charge in [0.15, 0.2) is 11.5 Å². The molecule has 186 valence electrons. The van der Waals surface area contributed by atoms with E-state index in [9.17, 15) is 4.79 Å². The van der Waals surface area contributed by atoms with Gasteiger partial charge in [-0.05, 0) is 49.8 Å². The monoisotopic (exact) mass is 476 g/mol. The molecule has 1 saturated heterocycles. The Labute approximate surface area is 208 Å². The first-order valence-electron chi connectivity index (χ1n) is 12.7. The molecule has 35 heavy (non-hydrogen) atoms. The molecule has 0 unspecified atom stereocenters. The fourth-order valence-corrected chi connectivity index (χ4v) is 5.81. The average Bonchev–Trinajstić information content (AvgIpc) is 3.50. The van der Waals surface area contributed by atoms with Crippen molar-refractivity contribution in [2.45, 2.75) is 64.3 Å². The number of amides is 1. The van der Waals surface area contributed by atoms with Crippen LogP contribution in [0.5, 0.6) is 17.2 Å². The van der Waals surface area contributed by atoms with Crippen LogP contribution in [-0.2, 0) is 0 Å². The third-order valence-electron chi connectivity index (χ3n) is 7.27. The van der Waals surface area contributed by atoms with E-state index < -0.39 is 5.79 Å². The number of hydrogen-bond acceptors (Lipinski definition) is 5. The Bertz CT molecular complexity index is 1100. The van der Waals surface area contributed by atoms with Crippen LogP contribution < -0.4 is 19.5 Å². The third kappa shape index (κ3) is 5.18. The first-order chi connectivity index (χ1) is 16.8. The largest absolute Gasteiger partial charge is 0.493 e. The molecule has 2 heterocycles. The summed E-state index contributed by atoms with van der Waals surface area (Å²) in [5.41, 5.74) is 2.82. The van der Waals surface area contributed by atoms with E-state index in [0.29, 0.717) is 48.0 Å². The van der Waals surface area contributed by atoms with Crippen molar-refractivity contribution in [2.75, 3.05) is 20.2 Å². The molecular weight excluding hydrogens is 440 g/mol. The Morgan fingerprint density at radius 3 is 2.74 bits per heavy atom. The lowest BCUT2D eigenvalue weighted by molar-refractivity contribution is -0.0439. The molecule has 6 heteroatoms. The molecule has 6 nitrogen and oxygen atoms in total. The van der Waals surface area contributed by atoms with E-state index >= 15 is 0 Å². The maximum absolute atomic E-state index is 13.9. The molecule has 2 aliphatic heterocycles. The van der Waals surface area contributed by atoms with Gasteiger partial charge in [-0.15, -0.1) is 0 Å². The van der Waals surface area contributed by atoms with Gasteiger partial charge < -0.3 is 24.4 Å². The van der Waals surface area contributed by atoms with E-state index in [4.69, 9.17) is 14.2 Å². The fourth-order valence-electron chi connectivity index (χ4n) is 5.81. The van der Waals surface area contributed by atoms with E-state index in [-0.39, 0.29) is 5.91 Å². The van der Waals surface area contributed by atoms with Gasteiger partial charge in [0, 0.05) is 44.6 Å². The quantitative estimate of drug-likeness (QED) is 0.589. The predicted molar refractivity (Wildman–Crippen MR) is 137 cm³/mol. The van der Waals surface area contributed by atoms with E-state index in [0.717, 1.165) is 23.5 Å². The minimum absolute atomic E-state index is 0.0286. The van der Waals surface area contributed by atoms with Crippen molar-refractivity contribution in [1.29, 1.82) is 0 Å². The van der Waals surface area contributed by atoms with Crippen LogP contribution in [0, 0.1) is 5.92 Å². The molecule has 2 aromatic carbocycles. The lowest BCUT2D eigenvalue weighted by atomic mass is 10.0. The van der Waals surface area contributed by atoms with Crippen LogP contribution in [0.15, 0.2) is 48.0 Å². The molecule has 2 fully saturated rings. The summed E-state index contributed by atoms with van der Waals surface area (Å²) < 4.78 is 17.4. The van der Waals surface area contributed by atoms with Gasteiger partial charge >= 0.3 is 0 Å². The average molecular weight is 477 g/mol. The van der Waals surface area contributed by atoms with Gasteiger partial charge in [0.25, 0.3) is 5.91 Å². The van der Waals surface area contributed by atoms with Crippen molar-refractivity contribution in [3.63, 3.8) is 0 Å². The van der Waals surface area contributed by atoms with Gasteiger partial charge in [-0.2, -0.15) is 0 Å². The maximum atomic E-state index is 13.9. The highest BCUT2D eigenvalue weighted by Crippen LogP contribution is 2.47. The second kappa shape index (κ2) is 9.57. The van der Waals surface area contributed by atoms with Crippen LogP contribution in [0.4, 0.5) is 0 Å². The highest BCUT2D eigenvalue weighted by Gasteiger charge is 2.39. The molecule has 1 amide bonds. The number of ether oxygens (including phenoxy) is 3. The van der Waals surface area contributed by atoms with Crippen molar-refractivity contribution in [3.05, 3.63) is 59.2 Å². The number of hydrogen-bond donors (Lipinski definition) is 1. The van der Waals surface area contributed by atoms with Crippen LogP contribution in [0.1, 0.15) is 62.4 Å². The van der Waals surface area contributed by atoms with Crippen molar-refractivity contribution in [3.8, 4) is 17.2 Å². The van der Waals surface area contributed by atoms with Crippen LogP contribution >= 0.6 is 0 Å². The molecular formula is C29H36N2O4. The molecule has 2 aromatic rings. The topological polar surface area (TPSA) is 60.0 Å². The van der Waals surface area contributed by atoms with Gasteiger partial charge in [-0.3, -0.25) is 4.79 Å². The zero-order chi connectivity index (χ0) is 24.6. The molecule has 0 aromatic heterocycles. The van der Waals surface area contributed by atoms with Crippen LogP contribution in [0.25, 0.3) is 6.08 Å². The van der Waals surface area contributed by atoms with Crippen LogP contribution in [-0.4, -0.2) is 48.9 Å². The van der Waals surface area contributed by atoms with E-state index in [2.05, 4.69) is 30.4 Å². The number of nitrogens with one attached hydrogen (secondary N) is 1. The standard InChI is InChI=1S/C29H36N2O4/c1-19(13-20-9-6-5-7-10-20)17-31(18-23-14-21-11-8-12-24(21)30-23)28(32)22-15-25(33-4)27-26(16-22)34-29(2,3)35-27/h5-7,9-10,13,15-16,21,23-24,30H,8,11-12,14,17-18H2,1-4H3/t21-,23-,24-/m0/s1. The van der Waals surface area contributed by atoms with Gasteiger partial charge in [0.2, 0.25) is 11.5 Å². The molecule has 5 rings (SSSR count). The summed E-state index contributed by atoms with van der Waals surface area (Å²) in [4.78, 5) is 15.9. The molecule has 0 radical (unpaired) electrons. The lowest BCUT2D eigenvalue weighted by Crippen LogP contribution is -2.43. The minimum atomic E-state index is -0.794. The van der Waals surface area contributed by atoms with Gasteiger partial charge in [0.1, 0.15) is 0 Å². The lowest BCUT2D eigenvalue weighted by Gasteiger charge is -2.27. The summed E-state index contributed by atoms with van der Waals surface area (Å²) in [5, 5.41) is 3.80. The number of benzene rings is 2. The second-order valence-electron chi connectivity index (χ2n) is 10.6. The molecule has 3 atom stereocenters.